The second kappa shape index (κ2) is 4.35. The van der Waals surface area contributed by atoms with Crippen LogP contribution < -0.4 is 0 Å². The van der Waals surface area contributed by atoms with E-state index in [0.29, 0.717) is 10.2 Å². The van der Waals surface area contributed by atoms with Gasteiger partial charge in [0.05, 0.1) is 21.6 Å². The third-order valence-electron chi connectivity index (χ3n) is 2.90. The highest BCUT2D eigenvalue weighted by Crippen LogP contribution is 2.36. The summed E-state index contributed by atoms with van der Waals surface area (Å²) in [5.74, 6) is 0. The van der Waals surface area contributed by atoms with E-state index in [4.69, 9.17) is 28.3 Å². The number of pyridine rings is 1. The fourth-order valence-corrected chi connectivity index (χ4v) is 2.56. The predicted octanol–water partition coefficient (Wildman–Crippen LogP) is 4.79. The molecule has 0 aromatic carbocycles. The van der Waals surface area contributed by atoms with Crippen molar-refractivity contribution < 1.29 is 0 Å². The molecule has 0 aliphatic carbocycles. The van der Waals surface area contributed by atoms with E-state index >= 15 is 0 Å². The topological polar surface area (TPSA) is 30.7 Å². The number of rotatable bonds is 0. The van der Waals surface area contributed by atoms with Gasteiger partial charge in [-0.1, -0.05) is 44.0 Å². The van der Waals surface area contributed by atoms with Gasteiger partial charge in [0.1, 0.15) is 5.15 Å². The van der Waals surface area contributed by atoms with Crippen LogP contribution in [-0.2, 0) is 11.0 Å². The molecule has 2 aromatic rings. The Morgan fingerprint density at radius 1 is 1.05 bits per heavy atom. The average Bonchev–Trinajstić information content (AvgIpc) is 2.55. The van der Waals surface area contributed by atoms with E-state index in [1.165, 1.54) is 0 Å². The van der Waals surface area contributed by atoms with Crippen LogP contribution in [-0.4, -0.2) is 14.8 Å². The van der Waals surface area contributed by atoms with Crippen LogP contribution in [0.3, 0.4) is 0 Å². The average molecular weight is 300 g/mol. The van der Waals surface area contributed by atoms with Crippen molar-refractivity contribution in [3.05, 3.63) is 21.9 Å². The van der Waals surface area contributed by atoms with Crippen molar-refractivity contribution in [1.82, 2.24) is 14.8 Å². The maximum Gasteiger partial charge on any atom is 0.161 e. The highest BCUT2D eigenvalue weighted by molar-refractivity contribution is 6.37. The fourth-order valence-electron chi connectivity index (χ4n) is 2.04. The SMILES string of the molecule is CC(C)(C)c1nn(C(C)(C)C)c2nc(Cl)cc(Cl)c12. The molecule has 5 heteroatoms. The van der Waals surface area contributed by atoms with Crippen LogP contribution in [0.15, 0.2) is 6.07 Å². The van der Waals surface area contributed by atoms with E-state index in [1.54, 1.807) is 6.07 Å². The normalized spacial score (nSPS) is 13.3. The summed E-state index contributed by atoms with van der Waals surface area (Å²) in [5.41, 5.74) is 1.41. The van der Waals surface area contributed by atoms with Crippen molar-refractivity contribution in [3.8, 4) is 0 Å². The molecule has 0 aliphatic rings. The molecule has 0 amide bonds. The number of aromatic nitrogens is 3. The van der Waals surface area contributed by atoms with Crippen molar-refractivity contribution in [1.29, 1.82) is 0 Å². The number of fused-ring (bicyclic) bond motifs is 1. The van der Waals surface area contributed by atoms with Gasteiger partial charge in [-0.25, -0.2) is 9.67 Å². The second-order valence-corrected chi connectivity index (χ2v) is 7.60. The van der Waals surface area contributed by atoms with E-state index in [-0.39, 0.29) is 11.0 Å². The molecule has 19 heavy (non-hydrogen) atoms. The van der Waals surface area contributed by atoms with Crippen LogP contribution in [0, 0.1) is 0 Å². The van der Waals surface area contributed by atoms with Gasteiger partial charge < -0.3 is 0 Å². The number of hydrogen-bond donors (Lipinski definition) is 0. The van der Waals surface area contributed by atoms with Gasteiger partial charge in [0, 0.05) is 5.41 Å². The summed E-state index contributed by atoms with van der Waals surface area (Å²) in [4.78, 5) is 4.42. The first-order chi connectivity index (χ1) is 8.51. The van der Waals surface area contributed by atoms with Crippen LogP contribution in [0.5, 0.6) is 0 Å². The molecular weight excluding hydrogens is 281 g/mol. The molecule has 0 unspecified atom stereocenters. The number of halogens is 2. The van der Waals surface area contributed by atoms with Gasteiger partial charge >= 0.3 is 0 Å². The molecule has 2 aromatic heterocycles. The zero-order valence-corrected chi connectivity index (χ0v) is 13.7. The largest absolute Gasteiger partial charge is 0.242 e. The lowest BCUT2D eigenvalue weighted by molar-refractivity contribution is 0.358. The smallest absolute Gasteiger partial charge is 0.161 e. The first kappa shape index (κ1) is 14.6. The fraction of sp³-hybridized carbons (Fsp3) is 0.571. The molecule has 0 saturated heterocycles. The molecule has 0 N–H and O–H groups in total. The highest BCUT2D eigenvalue weighted by atomic mass is 35.5. The molecule has 2 rings (SSSR count). The third kappa shape index (κ3) is 2.59. The summed E-state index contributed by atoms with van der Waals surface area (Å²) in [6, 6.07) is 1.68. The van der Waals surface area contributed by atoms with Gasteiger partial charge in [-0.05, 0) is 26.8 Å². The highest BCUT2D eigenvalue weighted by Gasteiger charge is 2.28. The van der Waals surface area contributed by atoms with Crippen molar-refractivity contribution in [2.45, 2.75) is 52.5 Å². The first-order valence-electron chi connectivity index (χ1n) is 6.27. The van der Waals surface area contributed by atoms with Crippen LogP contribution in [0.1, 0.15) is 47.2 Å². The molecule has 0 fully saturated rings. The lowest BCUT2D eigenvalue weighted by Gasteiger charge is -2.20. The first-order valence-corrected chi connectivity index (χ1v) is 7.03. The Labute approximate surface area is 123 Å². The minimum absolute atomic E-state index is 0.103. The Morgan fingerprint density at radius 2 is 1.63 bits per heavy atom. The van der Waals surface area contributed by atoms with Gasteiger partial charge in [0.15, 0.2) is 5.65 Å². The monoisotopic (exact) mass is 299 g/mol. The molecule has 3 nitrogen and oxygen atoms in total. The second-order valence-electron chi connectivity index (χ2n) is 6.81. The quantitative estimate of drug-likeness (QED) is 0.655. The van der Waals surface area contributed by atoms with Gasteiger partial charge in [-0.3, -0.25) is 0 Å². The van der Waals surface area contributed by atoms with Crippen LogP contribution in [0.25, 0.3) is 11.0 Å². The van der Waals surface area contributed by atoms with Gasteiger partial charge in [0.2, 0.25) is 0 Å². The van der Waals surface area contributed by atoms with Gasteiger partial charge in [-0.15, -0.1) is 0 Å². The van der Waals surface area contributed by atoms with Crippen molar-refractivity contribution in [3.63, 3.8) is 0 Å². The van der Waals surface area contributed by atoms with E-state index in [9.17, 15) is 0 Å². The lowest BCUT2D eigenvalue weighted by Crippen LogP contribution is -2.24. The van der Waals surface area contributed by atoms with Crippen LogP contribution >= 0.6 is 23.2 Å². The standard InChI is InChI=1S/C14H19Cl2N3/c1-13(2,3)11-10-8(15)7-9(16)17-12(10)19(18-11)14(4,5)6/h7H,1-6H3. The van der Waals surface area contributed by atoms with Crippen molar-refractivity contribution >= 4 is 34.2 Å². The summed E-state index contributed by atoms with van der Waals surface area (Å²) >= 11 is 12.4. The lowest BCUT2D eigenvalue weighted by atomic mass is 9.90. The Morgan fingerprint density at radius 3 is 2.11 bits per heavy atom. The Bertz CT molecular complexity index is 631. The summed E-state index contributed by atoms with van der Waals surface area (Å²) in [5, 5.41) is 6.64. The molecule has 0 radical (unpaired) electrons. The summed E-state index contributed by atoms with van der Waals surface area (Å²) < 4.78 is 1.90. The van der Waals surface area contributed by atoms with E-state index in [0.717, 1.165) is 16.7 Å². The zero-order valence-electron chi connectivity index (χ0n) is 12.2. The molecule has 0 spiro atoms. The minimum Gasteiger partial charge on any atom is -0.242 e. The van der Waals surface area contributed by atoms with Crippen LogP contribution in [0.2, 0.25) is 10.2 Å². The van der Waals surface area contributed by atoms with E-state index in [2.05, 4.69) is 46.5 Å². The molecule has 0 bridgehead atoms. The van der Waals surface area contributed by atoms with Crippen LogP contribution in [0.4, 0.5) is 0 Å². The van der Waals surface area contributed by atoms with E-state index in [1.807, 2.05) is 4.68 Å². The summed E-state index contributed by atoms with van der Waals surface area (Å²) in [6.07, 6.45) is 0. The van der Waals surface area contributed by atoms with Crippen molar-refractivity contribution in [2.75, 3.05) is 0 Å². The molecular formula is C14H19Cl2N3. The maximum absolute atomic E-state index is 6.36. The zero-order chi connectivity index (χ0) is 14.6. The van der Waals surface area contributed by atoms with Gasteiger partial charge in [0.25, 0.3) is 0 Å². The van der Waals surface area contributed by atoms with E-state index < -0.39 is 0 Å². The number of nitrogens with zero attached hydrogens (tertiary/aromatic N) is 3. The van der Waals surface area contributed by atoms with Crippen molar-refractivity contribution in [2.24, 2.45) is 0 Å². The predicted molar refractivity (Wildman–Crippen MR) is 81.2 cm³/mol. The molecule has 0 atom stereocenters. The Hall–Kier alpha value is -0.800. The number of hydrogen-bond acceptors (Lipinski definition) is 2. The minimum atomic E-state index is -0.178. The Balaban J connectivity index is 2.94. The summed E-state index contributed by atoms with van der Waals surface area (Å²) in [7, 11) is 0. The Kier molecular flexibility index (Phi) is 3.35. The molecule has 104 valence electrons. The third-order valence-corrected chi connectivity index (χ3v) is 3.40. The molecule has 2 heterocycles. The summed E-state index contributed by atoms with van der Waals surface area (Å²) in [6.45, 7) is 12.6. The molecule has 0 aliphatic heterocycles. The molecule has 0 saturated carbocycles. The van der Waals surface area contributed by atoms with Gasteiger partial charge in [-0.2, -0.15) is 5.10 Å². The maximum atomic E-state index is 6.36.